The van der Waals surface area contributed by atoms with Crippen LogP contribution in [0, 0.1) is 0 Å². The summed E-state index contributed by atoms with van der Waals surface area (Å²) < 4.78 is 1.06. The Bertz CT molecular complexity index is 1080. The number of nitrogens with one attached hydrogen (secondary N) is 1. The number of anilines is 1. The summed E-state index contributed by atoms with van der Waals surface area (Å²) in [7, 11) is 0. The lowest BCUT2D eigenvalue weighted by Crippen LogP contribution is -2.46. The fourth-order valence-electron chi connectivity index (χ4n) is 3.85. The Kier molecular flexibility index (Phi) is 4.30. The van der Waals surface area contributed by atoms with E-state index in [0.717, 1.165) is 65.0 Å². The number of rotatable bonds is 3. The highest BCUT2D eigenvalue weighted by Crippen LogP contribution is 2.31. The van der Waals surface area contributed by atoms with Gasteiger partial charge in [0.15, 0.2) is 5.82 Å². The highest BCUT2D eigenvalue weighted by Gasteiger charge is 2.21. The van der Waals surface area contributed by atoms with E-state index in [-0.39, 0.29) is 0 Å². The van der Waals surface area contributed by atoms with Crippen LogP contribution in [0.1, 0.15) is 5.56 Å². The number of benzene rings is 2. The lowest BCUT2D eigenvalue weighted by molar-refractivity contribution is 0.249. The summed E-state index contributed by atoms with van der Waals surface area (Å²) in [6.07, 6.45) is 1.68. The van der Waals surface area contributed by atoms with Crippen molar-refractivity contribution in [3.8, 4) is 0 Å². The molecule has 1 aliphatic heterocycles. The summed E-state index contributed by atoms with van der Waals surface area (Å²) in [4.78, 5) is 17.5. The van der Waals surface area contributed by atoms with Gasteiger partial charge >= 0.3 is 0 Å². The molecule has 6 heteroatoms. The molecule has 0 bridgehead atoms. The SMILES string of the molecule is Brc1ccc2[nH]c3c(N4CCN(Cc5ccccc5)CC4)ncnc3c2c1. The average molecular weight is 422 g/mol. The zero-order valence-corrected chi connectivity index (χ0v) is 16.5. The summed E-state index contributed by atoms with van der Waals surface area (Å²) in [5.41, 5.74) is 4.49. The molecule has 1 saturated heterocycles. The second kappa shape index (κ2) is 6.94. The third kappa shape index (κ3) is 3.19. The van der Waals surface area contributed by atoms with E-state index in [1.54, 1.807) is 6.33 Å². The zero-order chi connectivity index (χ0) is 18.2. The minimum atomic E-state index is 0.970. The molecule has 2 aromatic carbocycles. The first-order valence-corrected chi connectivity index (χ1v) is 10.0. The van der Waals surface area contributed by atoms with E-state index in [4.69, 9.17) is 0 Å². The Morgan fingerprint density at radius 3 is 2.59 bits per heavy atom. The highest BCUT2D eigenvalue weighted by atomic mass is 79.9. The fraction of sp³-hybridized carbons (Fsp3) is 0.238. The molecule has 5 nitrogen and oxygen atoms in total. The molecule has 2 aromatic heterocycles. The van der Waals surface area contributed by atoms with Crippen molar-refractivity contribution in [3.63, 3.8) is 0 Å². The van der Waals surface area contributed by atoms with Crippen molar-refractivity contribution in [2.75, 3.05) is 31.1 Å². The third-order valence-electron chi connectivity index (χ3n) is 5.24. The first-order valence-electron chi connectivity index (χ1n) is 9.21. The highest BCUT2D eigenvalue weighted by molar-refractivity contribution is 9.10. The largest absolute Gasteiger partial charge is 0.352 e. The Hall–Kier alpha value is -2.44. The van der Waals surface area contributed by atoms with Crippen LogP contribution < -0.4 is 4.90 Å². The fourth-order valence-corrected chi connectivity index (χ4v) is 4.21. The van der Waals surface area contributed by atoms with E-state index in [1.807, 2.05) is 6.07 Å². The van der Waals surface area contributed by atoms with Gasteiger partial charge in [-0.05, 0) is 23.8 Å². The van der Waals surface area contributed by atoms with E-state index < -0.39 is 0 Å². The number of aromatic nitrogens is 3. The van der Waals surface area contributed by atoms with Gasteiger partial charge < -0.3 is 9.88 Å². The normalized spacial score (nSPS) is 15.7. The molecule has 0 spiro atoms. The molecule has 1 aliphatic rings. The first-order chi connectivity index (χ1) is 13.3. The lowest BCUT2D eigenvalue weighted by Gasteiger charge is -2.35. The molecule has 1 fully saturated rings. The molecule has 0 aliphatic carbocycles. The molecular formula is C21H20BrN5. The topological polar surface area (TPSA) is 48.1 Å². The van der Waals surface area contributed by atoms with Gasteiger partial charge in [0, 0.05) is 48.1 Å². The number of nitrogens with zero attached hydrogens (tertiary/aromatic N) is 4. The average Bonchev–Trinajstić information content (AvgIpc) is 3.07. The number of H-pyrrole nitrogens is 1. The number of hydrogen-bond donors (Lipinski definition) is 1. The third-order valence-corrected chi connectivity index (χ3v) is 5.74. The molecule has 0 atom stereocenters. The Morgan fingerprint density at radius 2 is 1.78 bits per heavy atom. The number of fused-ring (bicyclic) bond motifs is 3. The molecule has 0 unspecified atom stereocenters. The van der Waals surface area contributed by atoms with Crippen LogP contribution in [0.2, 0.25) is 0 Å². The van der Waals surface area contributed by atoms with Crippen LogP contribution in [-0.4, -0.2) is 46.0 Å². The predicted molar refractivity (Wildman–Crippen MR) is 113 cm³/mol. The Balaban J connectivity index is 1.39. The quantitative estimate of drug-likeness (QED) is 0.538. The van der Waals surface area contributed by atoms with Gasteiger partial charge in [0.2, 0.25) is 0 Å². The van der Waals surface area contributed by atoms with E-state index >= 15 is 0 Å². The van der Waals surface area contributed by atoms with Crippen molar-refractivity contribution in [2.45, 2.75) is 6.54 Å². The Labute approximate surface area is 166 Å². The number of piperazine rings is 1. The van der Waals surface area contributed by atoms with Gasteiger partial charge in [-0.3, -0.25) is 4.90 Å². The second-order valence-corrected chi connectivity index (χ2v) is 7.90. The maximum absolute atomic E-state index is 4.61. The minimum absolute atomic E-state index is 0.970. The van der Waals surface area contributed by atoms with Crippen molar-refractivity contribution in [2.24, 2.45) is 0 Å². The molecule has 3 heterocycles. The van der Waals surface area contributed by atoms with Gasteiger partial charge in [-0.25, -0.2) is 9.97 Å². The van der Waals surface area contributed by atoms with Crippen molar-refractivity contribution < 1.29 is 0 Å². The number of hydrogen-bond acceptors (Lipinski definition) is 4. The monoisotopic (exact) mass is 421 g/mol. The summed E-state index contributed by atoms with van der Waals surface area (Å²) in [5, 5.41) is 1.13. The van der Waals surface area contributed by atoms with Gasteiger partial charge in [0.25, 0.3) is 0 Å². The van der Waals surface area contributed by atoms with Crippen molar-refractivity contribution >= 4 is 43.7 Å². The number of aromatic amines is 1. The van der Waals surface area contributed by atoms with E-state index in [1.165, 1.54) is 5.56 Å². The minimum Gasteiger partial charge on any atom is -0.352 e. The van der Waals surface area contributed by atoms with Crippen LogP contribution in [0.15, 0.2) is 59.3 Å². The van der Waals surface area contributed by atoms with Crippen molar-refractivity contribution in [1.29, 1.82) is 0 Å². The van der Waals surface area contributed by atoms with Crippen LogP contribution in [0.25, 0.3) is 21.9 Å². The van der Waals surface area contributed by atoms with Gasteiger partial charge in [-0.15, -0.1) is 0 Å². The molecule has 5 rings (SSSR count). The molecule has 1 N–H and O–H groups in total. The maximum atomic E-state index is 4.61. The molecule has 4 aromatic rings. The summed E-state index contributed by atoms with van der Waals surface area (Å²) >= 11 is 3.56. The van der Waals surface area contributed by atoms with Crippen LogP contribution in [0.3, 0.4) is 0 Å². The summed E-state index contributed by atoms with van der Waals surface area (Å²) in [5.74, 6) is 1.01. The lowest BCUT2D eigenvalue weighted by atomic mass is 10.2. The molecule has 27 heavy (non-hydrogen) atoms. The molecule has 136 valence electrons. The standard InChI is InChI=1S/C21H20BrN5/c22-16-6-7-18-17(12-16)19-20(25-18)21(24-14-23-19)27-10-8-26(9-11-27)13-15-4-2-1-3-5-15/h1-7,12,14,25H,8-11,13H2. The molecular weight excluding hydrogens is 402 g/mol. The summed E-state index contributed by atoms with van der Waals surface area (Å²) in [6, 6.07) is 16.9. The van der Waals surface area contributed by atoms with E-state index in [2.05, 4.69) is 83.1 Å². The van der Waals surface area contributed by atoms with Gasteiger partial charge in [-0.1, -0.05) is 46.3 Å². The van der Waals surface area contributed by atoms with Crippen molar-refractivity contribution in [1.82, 2.24) is 19.9 Å². The van der Waals surface area contributed by atoms with Crippen LogP contribution in [0.5, 0.6) is 0 Å². The van der Waals surface area contributed by atoms with Crippen LogP contribution >= 0.6 is 15.9 Å². The second-order valence-electron chi connectivity index (χ2n) is 6.98. The zero-order valence-electron chi connectivity index (χ0n) is 14.9. The van der Waals surface area contributed by atoms with Crippen molar-refractivity contribution in [3.05, 3.63) is 64.9 Å². The Morgan fingerprint density at radius 1 is 0.963 bits per heavy atom. The van der Waals surface area contributed by atoms with Gasteiger partial charge in [-0.2, -0.15) is 0 Å². The molecule has 0 radical (unpaired) electrons. The first kappa shape index (κ1) is 16.7. The van der Waals surface area contributed by atoms with Gasteiger partial charge in [0.1, 0.15) is 17.4 Å². The molecule has 0 saturated carbocycles. The van der Waals surface area contributed by atoms with Crippen LogP contribution in [-0.2, 0) is 6.54 Å². The summed E-state index contributed by atoms with van der Waals surface area (Å²) in [6.45, 7) is 5.02. The predicted octanol–water partition coefficient (Wildman–Crippen LogP) is 4.20. The smallest absolute Gasteiger partial charge is 0.156 e. The van der Waals surface area contributed by atoms with E-state index in [0.29, 0.717) is 0 Å². The molecule has 0 amide bonds. The maximum Gasteiger partial charge on any atom is 0.156 e. The van der Waals surface area contributed by atoms with Gasteiger partial charge in [0.05, 0.1) is 0 Å². The van der Waals surface area contributed by atoms with E-state index in [9.17, 15) is 0 Å². The number of halogens is 1. The van der Waals surface area contributed by atoms with Crippen LogP contribution in [0.4, 0.5) is 5.82 Å².